The van der Waals surface area contributed by atoms with Gasteiger partial charge in [-0.1, -0.05) is 70.3 Å². The van der Waals surface area contributed by atoms with Crippen LogP contribution in [0.5, 0.6) is 0 Å². The largest absolute Gasteiger partial charge is 0.0991 e. The molecule has 0 atom stereocenters. The third kappa shape index (κ3) is 11.5. The molecule has 14 heavy (non-hydrogen) atoms. The Morgan fingerprint density at radius 1 is 0.857 bits per heavy atom. The van der Waals surface area contributed by atoms with Gasteiger partial charge in [0.2, 0.25) is 0 Å². The van der Waals surface area contributed by atoms with Crippen molar-refractivity contribution in [2.45, 2.75) is 58.3 Å². The Hall–Kier alpha value is -0.520. The Morgan fingerprint density at radius 3 is 2.00 bits per heavy atom. The molecule has 0 aliphatic heterocycles. The van der Waals surface area contributed by atoms with Crippen molar-refractivity contribution >= 4 is 0 Å². The van der Waals surface area contributed by atoms with Gasteiger partial charge in [-0.3, -0.25) is 0 Å². The lowest BCUT2D eigenvalue weighted by atomic mass is 10.1. The Kier molecular flexibility index (Phi) is 12.0. The number of hydrogen-bond donors (Lipinski definition) is 0. The molecule has 0 aliphatic rings. The fourth-order valence-corrected chi connectivity index (χ4v) is 1.51. The summed E-state index contributed by atoms with van der Waals surface area (Å²) in [5.74, 6) is 0. The average Bonchev–Trinajstić information content (AvgIpc) is 2.21. The molecule has 0 saturated carbocycles. The van der Waals surface area contributed by atoms with E-state index in [9.17, 15) is 0 Å². The van der Waals surface area contributed by atoms with Crippen LogP contribution in [0.15, 0.2) is 24.8 Å². The van der Waals surface area contributed by atoms with Gasteiger partial charge < -0.3 is 0 Å². The maximum atomic E-state index is 3.65. The fourth-order valence-electron chi connectivity index (χ4n) is 1.51. The Morgan fingerprint density at radius 2 is 1.43 bits per heavy atom. The molecule has 0 nitrogen and oxygen atoms in total. The fraction of sp³-hybridized carbons (Fsp3) is 0.643. The van der Waals surface area contributed by atoms with Gasteiger partial charge in [-0.15, -0.1) is 0 Å². The van der Waals surface area contributed by atoms with Gasteiger partial charge in [0.15, 0.2) is 0 Å². The zero-order valence-corrected chi connectivity index (χ0v) is 9.67. The van der Waals surface area contributed by atoms with Crippen LogP contribution < -0.4 is 0 Å². The average molecular weight is 193 g/mol. The van der Waals surface area contributed by atoms with E-state index in [0.29, 0.717) is 0 Å². The molecule has 0 spiro atoms. The van der Waals surface area contributed by atoms with Crippen LogP contribution in [-0.4, -0.2) is 0 Å². The summed E-state index contributed by atoms with van der Waals surface area (Å²) in [6.45, 7) is 5.79. The molecule has 0 aromatic heterocycles. The number of hydrogen-bond acceptors (Lipinski definition) is 0. The van der Waals surface area contributed by atoms with E-state index in [2.05, 4.69) is 26.0 Å². The highest BCUT2D eigenvalue weighted by molar-refractivity contribution is 4.96. The Balaban J connectivity index is 2.91. The molecule has 0 heterocycles. The van der Waals surface area contributed by atoms with Crippen molar-refractivity contribution in [2.75, 3.05) is 0 Å². The molecule has 0 aromatic rings. The summed E-state index contributed by atoms with van der Waals surface area (Å²) in [7, 11) is 0. The molecule has 0 rings (SSSR count). The lowest BCUT2D eigenvalue weighted by Gasteiger charge is -1.99. The van der Waals surface area contributed by atoms with E-state index >= 15 is 0 Å². The van der Waals surface area contributed by atoms with Gasteiger partial charge in [0.1, 0.15) is 0 Å². The zero-order chi connectivity index (χ0) is 10.5. The van der Waals surface area contributed by atoms with Crippen LogP contribution in [0, 0.1) is 6.42 Å². The molecule has 0 unspecified atom stereocenters. The third-order valence-electron chi connectivity index (χ3n) is 2.39. The van der Waals surface area contributed by atoms with Gasteiger partial charge in [-0.2, -0.15) is 0 Å². The molecular weight excluding hydrogens is 168 g/mol. The maximum Gasteiger partial charge on any atom is -0.0348 e. The summed E-state index contributed by atoms with van der Waals surface area (Å²) in [5, 5.41) is 0. The lowest BCUT2D eigenvalue weighted by molar-refractivity contribution is 0.595. The summed E-state index contributed by atoms with van der Waals surface area (Å²) < 4.78 is 0. The van der Waals surface area contributed by atoms with E-state index in [-0.39, 0.29) is 0 Å². The molecule has 0 fully saturated rings. The van der Waals surface area contributed by atoms with Crippen LogP contribution >= 0.6 is 0 Å². The van der Waals surface area contributed by atoms with E-state index in [1.54, 1.807) is 0 Å². The minimum Gasteiger partial charge on any atom is -0.0991 e. The van der Waals surface area contributed by atoms with Crippen molar-refractivity contribution in [3.05, 3.63) is 31.2 Å². The van der Waals surface area contributed by atoms with Crippen molar-refractivity contribution in [3.63, 3.8) is 0 Å². The van der Waals surface area contributed by atoms with Crippen LogP contribution in [0.25, 0.3) is 0 Å². The molecule has 0 N–H and O–H groups in total. The monoisotopic (exact) mass is 193 g/mol. The van der Waals surface area contributed by atoms with Gasteiger partial charge in [0, 0.05) is 0 Å². The normalized spacial score (nSPS) is 10.9. The van der Waals surface area contributed by atoms with Gasteiger partial charge in [-0.25, -0.2) is 0 Å². The second-order valence-corrected chi connectivity index (χ2v) is 3.77. The first-order valence-electron chi connectivity index (χ1n) is 5.97. The minimum atomic E-state index is 1.22. The van der Waals surface area contributed by atoms with Gasteiger partial charge in [0.05, 0.1) is 0 Å². The molecule has 1 radical (unpaired) electrons. The second-order valence-electron chi connectivity index (χ2n) is 3.77. The first-order chi connectivity index (χ1) is 6.91. The summed E-state index contributed by atoms with van der Waals surface area (Å²) in [6, 6.07) is 0. The molecule has 0 aliphatic carbocycles. The summed E-state index contributed by atoms with van der Waals surface area (Å²) in [6.07, 6.45) is 19.2. The number of allylic oxidation sites excluding steroid dienone is 3. The molecule has 0 saturated heterocycles. The third-order valence-corrected chi connectivity index (χ3v) is 2.39. The van der Waals surface area contributed by atoms with Crippen molar-refractivity contribution in [1.29, 1.82) is 0 Å². The van der Waals surface area contributed by atoms with Crippen LogP contribution in [0.3, 0.4) is 0 Å². The molecule has 0 bridgehead atoms. The van der Waals surface area contributed by atoms with Crippen LogP contribution in [0.2, 0.25) is 0 Å². The molecule has 81 valence electrons. The SMILES string of the molecule is C=C/C=C/CCCCCCCC[CH]C. The van der Waals surface area contributed by atoms with Crippen LogP contribution in [0.4, 0.5) is 0 Å². The number of unbranched alkanes of at least 4 members (excludes halogenated alkanes) is 8. The number of rotatable bonds is 10. The van der Waals surface area contributed by atoms with Crippen molar-refractivity contribution < 1.29 is 0 Å². The van der Waals surface area contributed by atoms with E-state index in [4.69, 9.17) is 0 Å². The molecule has 0 aromatic carbocycles. The highest BCUT2D eigenvalue weighted by atomic mass is 14.0. The minimum absolute atomic E-state index is 1.22. The Bertz CT molecular complexity index is 133. The summed E-state index contributed by atoms with van der Waals surface area (Å²) >= 11 is 0. The van der Waals surface area contributed by atoms with Gasteiger partial charge in [-0.05, 0) is 19.3 Å². The van der Waals surface area contributed by atoms with Gasteiger partial charge >= 0.3 is 0 Å². The first kappa shape index (κ1) is 13.5. The highest BCUT2D eigenvalue weighted by Crippen LogP contribution is 2.09. The predicted molar refractivity (Wildman–Crippen MR) is 66.2 cm³/mol. The smallest absolute Gasteiger partial charge is 0.0348 e. The molecular formula is C14H25. The molecule has 0 amide bonds. The molecule has 0 heteroatoms. The van der Waals surface area contributed by atoms with Crippen LogP contribution in [0.1, 0.15) is 58.3 Å². The Labute approximate surface area is 90.1 Å². The lowest BCUT2D eigenvalue weighted by Crippen LogP contribution is -1.79. The topological polar surface area (TPSA) is 0 Å². The predicted octanol–water partition coefficient (Wildman–Crippen LogP) is 5.07. The van der Waals surface area contributed by atoms with Crippen molar-refractivity contribution in [3.8, 4) is 0 Å². The van der Waals surface area contributed by atoms with Gasteiger partial charge in [0.25, 0.3) is 0 Å². The standard InChI is InChI=1S/C14H25/c1-3-5-7-9-11-13-14-12-10-8-6-4-2/h3-5,7H,1,6,8-14H2,2H3/b7-5+. The van der Waals surface area contributed by atoms with E-state index in [0.717, 1.165) is 0 Å². The summed E-state index contributed by atoms with van der Waals surface area (Å²) in [4.78, 5) is 0. The summed E-state index contributed by atoms with van der Waals surface area (Å²) in [5.41, 5.74) is 0. The zero-order valence-electron chi connectivity index (χ0n) is 9.67. The van der Waals surface area contributed by atoms with E-state index < -0.39 is 0 Å². The van der Waals surface area contributed by atoms with Crippen molar-refractivity contribution in [1.82, 2.24) is 0 Å². The highest BCUT2D eigenvalue weighted by Gasteiger charge is 1.89. The quantitative estimate of drug-likeness (QED) is 0.335. The second kappa shape index (κ2) is 12.5. The van der Waals surface area contributed by atoms with E-state index in [1.807, 2.05) is 12.2 Å². The maximum absolute atomic E-state index is 3.65. The van der Waals surface area contributed by atoms with Crippen molar-refractivity contribution in [2.24, 2.45) is 0 Å². The van der Waals surface area contributed by atoms with Crippen LogP contribution in [-0.2, 0) is 0 Å². The van der Waals surface area contributed by atoms with E-state index in [1.165, 1.54) is 51.4 Å². The first-order valence-corrected chi connectivity index (χ1v) is 5.97.